The smallest absolute Gasteiger partial charge is 0.191 e. The minimum atomic E-state index is -5.55. The molecule has 1 radical (unpaired) electrons. The zero-order valence-electron chi connectivity index (χ0n) is 8.48. The fourth-order valence-electron chi connectivity index (χ4n) is 1.23. The minimum Gasteiger partial charge on any atom is -0.191 e. The van der Waals surface area contributed by atoms with Crippen LogP contribution in [0.4, 0.5) is 22.0 Å². The Morgan fingerprint density at radius 3 is 1.88 bits per heavy atom. The van der Waals surface area contributed by atoms with Gasteiger partial charge in [-0.2, -0.15) is 22.0 Å². The van der Waals surface area contributed by atoms with Crippen LogP contribution in [0.1, 0.15) is 24.5 Å². The molecule has 0 unspecified atom stereocenters. The highest BCUT2D eigenvalue weighted by Crippen LogP contribution is 2.43. The second kappa shape index (κ2) is 4.39. The topological polar surface area (TPSA) is 0 Å². The van der Waals surface area contributed by atoms with Gasteiger partial charge < -0.3 is 0 Å². The summed E-state index contributed by atoms with van der Waals surface area (Å²) in [7, 11) is 0. The Morgan fingerprint density at radius 2 is 1.50 bits per heavy atom. The molecule has 0 aliphatic carbocycles. The number of alkyl halides is 5. The molecule has 0 heterocycles. The lowest BCUT2D eigenvalue weighted by Gasteiger charge is -2.19. The molecular weight excluding hydrogens is 227 g/mol. The third kappa shape index (κ3) is 2.51. The first-order valence-electron chi connectivity index (χ1n) is 4.67. The van der Waals surface area contributed by atoms with E-state index in [1.54, 1.807) is 6.42 Å². The fourth-order valence-corrected chi connectivity index (χ4v) is 1.23. The van der Waals surface area contributed by atoms with E-state index < -0.39 is 17.7 Å². The molecule has 0 aromatic heterocycles. The summed E-state index contributed by atoms with van der Waals surface area (Å²) in [5.74, 6) is -4.79. The quantitative estimate of drug-likeness (QED) is 0.687. The highest BCUT2D eigenvalue weighted by atomic mass is 19.4. The van der Waals surface area contributed by atoms with Gasteiger partial charge in [0.25, 0.3) is 0 Å². The SMILES string of the molecule is CC[CH]c1ccc(C(F)(F)C(F)(F)F)cc1. The molecule has 1 aromatic rings. The van der Waals surface area contributed by atoms with Crippen LogP contribution in [-0.2, 0) is 5.92 Å². The Bertz CT molecular complexity index is 336. The van der Waals surface area contributed by atoms with Crippen LogP contribution in [0.5, 0.6) is 0 Å². The summed E-state index contributed by atoms with van der Waals surface area (Å²) < 4.78 is 61.7. The van der Waals surface area contributed by atoms with Crippen molar-refractivity contribution in [1.82, 2.24) is 0 Å². The van der Waals surface area contributed by atoms with Gasteiger partial charge in [0.05, 0.1) is 0 Å². The summed E-state index contributed by atoms with van der Waals surface area (Å²) >= 11 is 0. The van der Waals surface area contributed by atoms with Gasteiger partial charge >= 0.3 is 12.1 Å². The van der Waals surface area contributed by atoms with Crippen molar-refractivity contribution < 1.29 is 22.0 Å². The van der Waals surface area contributed by atoms with Crippen LogP contribution >= 0.6 is 0 Å². The fraction of sp³-hybridized carbons (Fsp3) is 0.364. The molecule has 0 amide bonds. The molecular formula is C11H10F5. The van der Waals surface area contributed by atoms with Gasteiger partial charge in [-0.15, -0.1) is 0 Å². The largest absolute Gasteiger partial charge is 0.458 e. The van der Waals surface area contributed by atoms with Crippen LogP contribution in [0.3, 0.4) is 0 Å². The van der Waals surface area contributed by atoms with E-state index in [2.05, 4.69) is 0 Å². The normalized spacial score (nSPS) is 12.9. The maximum atomic E-state index is 12.8. The Kier molecular flexibility index (Phi) is 3.55. The van der Waals surface area contributed by atoms with E-state index in [1.807, 2.05) is 6.92 Å². The predicted molar refractivity (Wildman–Crippen MR) is 50.1 cm³/mol. The highest BCUT2D eigenvalue weighted by Gasteiger charge is 2.58. The number of rotatable bonds is 3. The molecule has 0 aliphatic heterocycles. The van der Waals surface area contributed by atoms with Crippen molar-refractivity contribution in [2.45, 2.75) is 25.4 Å². The van der Waals surface area contributed by atoms with Gasteiger partial charge in [0.2, 0.25) is 0 Å². The molecule has 89 valence electrons. The maximum absolute atomic E-state index is 12.8. The standard InChI is InChI=1S/C11H10F5/c1-2-3-8-4-6-9(7-5-8)10(12,13)11(14,15)16/h3-7H,2H2,1H3. The lowest BCUT2D eigenvalue weighted by atomic mass is 10.0. The van der Waals surface area contributed by atoms with Crippen LogP contribution in [0.2, 0.25) is 0 Å². The van der Waals surface area contributed by atoms with Gasteiger partial charge in [-0.05, 0) is 18.4 Å². The lowest BCUT2D eigenvalue weighted by molar-refractivity contribution is -0.289. The summed E-state index contributed by atoms with van der Waals surface area (Å²) in [4.78, 5) is 0. The Hall–Kier alpha value is -1.13. The molecule has 0 saturated carbocycles. The van der Waals surface area contributed by atoms with Crippen molar-refractivity contribution >= 4 is 0 Å². The van der Waals surface area contributed by atoms with E-state index in [0.29, 0.717) is 12.0 Å². The third-order valence-electron chi connectivity index (χ3n) is 2.07. The summed E-state index contributed by atoms with van der Waals surface area (Å²) in [5, 5.41) is 0. The van der Waals surface area contributed by atoms with Crippen LogP contribution in [0.25, 0.3) is 0 Å². The molecule has 0 spiro atoms. The molecule has 0 atom stereocenters. The summed E-state index contributed by atoms with van der Waals surface area (Å²) in [6.07, 6.45) is -3.13. The van der Waals surface area contributed by atoms with Crippen molar-refractivity contribution in [1.29, 1.82) is 0 Å². The predicted octanol–water partition coefficient (Wildman–Crippen LogP) is 4.30. The number of benzene rings is 1. The number of hydrogen-bond acceptors (Lipinski definition) is 0. The van der Waals surface area contributed by atoms with E-state index in [9.17, 15) is 22.0 Å². The van der Waals surface area contributed by atoms with E-state index in [4.69, 9.17) is 0 Å². The van der Waals surface area contributed by atoms with Gasteiger partial charge in [0, 0.05) is 5.56 Å². The minimum absolute atomic E-state index is 0.629. The van der Waals surface area contributed by atoms with Crippen LogP contribution < -0.4 is 0 Å². The van der Waals surface area contributed by atoms with Crippen molar-refractivity contribution in [3.8, 4) is 0 Å². The summed E-state index contributed by atoms with van der Waals surface area (Å²) in [6.45, 7) is 1.85. The molecule has 0 bridgehead atoms. The van der Waals surface area contributed by atoms with Crippen LogP contribution in [-0.4, -0.2) is 6.18 Å². The van der Waals surface area contributed by atoms with Crippen molar-refractivity contribution in [2.24, 2.45) is 0 Å². The van der Waals surface area contributed by atoms with Crippen LogP contribution in [0.15, 0.2) is 24.3 Å². The molecule has 0 fully saturated rings. The van der Waals surface area contributed by atoms with Gasteiger partial charge in [0.15, 0.2) is 0 Å². The number of hydrogen-bond donors (Lipinski definition) is 0. The first kappa shape index (κ1) is 12.9. The first-order chi connectivity index (χ1) is 7.29. The molecule has 0 nitrogen and oxygen atoms in total. The van der Waals surface area contributed by atoms with E-state index in [0.717, 1.165) is 12.1 Å². The second-order valence-corrected chi connectivity index (χ2v) is 3.31. The van der Waals surface area contributed by atoms with E-state index in [-0.39, 0.29) is 0 Å². The molecule has 16 heavy (non-hydrogen) atoms. The monoisotopic (exact) mass is 237 g/mol. The molecule has 0 N–H and O–H groups in total. The average molecular weight is 237 g/mol. The van der Waals surface area contributed by atoms with E-state index >= 15 is 0 Å². The molecule has 5 heteroatoms. The average Bonchev–Trinajstić information content (AvgIpc) is 2.17. The number of halogens is 5. The summed E-state index contributed by atoms with van der Waals surface area (Å²) in [6, 6.07) is 4.10. The van der Waals surface area contributed by atoms with Gasteiger partial charge in [-0.3, -0.25) is 0 Å². The molecule has 1 rings (SSSR count). The molecule has 1 aromatic carbocycles. The molecule has 0 aliphatic rings. The Labute approximate surface area is 90.1 Å². The first-order valence-corrected chi connectivity index (χ1v) is 4.67. The van der Waals surface area contributed by atoms with Crippen molar-refractivity contribution in [3.63, 3.8) is 0 Å². The lowest BCUT2D eigenvalue weighted by Crippen LogP contribution is -2.33. The third-order valence-corrected chi connectivity index (χ3v) is 2.07. The Morgan fingerprint density at radius 1 is 1.00 bits per heavy atom. The maximum Gasteiger partial charge on any atom is 0.458 e. The second-order valence-electron chi connectivity index (χ2n) is 3.31. The van der Waals surface area contributed by atoms with E-state index in [1.165, 1.54) is 12.1 Å². The zero-order valence-corrected chi connectivity index (χ0v) is 8.48. The van der Waals surface area contributed by atoms with Gasteiger partial charge in [0.1, 0.15) is 0 Å². The summed E-state index contributed by atoms with van der Waals surface area (Å²) in [5.41, 5.74) is -0.405. The molecule has 0 saturated heterocycles. The Balaban J connectivity index is 2.97. The van der Waals surface area contributed by atoms with Crippen LogP contribution in [0, 0.1) is 6.42 Å². The zero-order chi connectivity index (χ0) is 12.4. The van der Waals surface area contributed by atoms with Gasteiger partial charge in [-0.1, -0.05) is 31.2 Å². The van der Waals surface area contributed by atoms with Crippen molar-refractivity contribution in [2.75, 3.05) is 0 Å². The van der Waals surface area contributed by atoms with Gasteiger partial charge in [-0.25, -0.2) is 0 Å². The highest BCUT2D eigenvalue weighted by molar-refractivity contribution is 5.30. The van der Waals surface area contributed by atoms with Crippen molar-refractivity contribution in [3.05, 3.63) is 41.8 Å².